The van der Waals surface area contributed by atoms with Crippen LogP contribution in [0.15, 0.2) is 0 Å². The second kappa shape index (κ2) is 26.5. The Morgan fingerprint density at radius 3 is 0.808 bits per heavy atom. The molecule has 0 aliphatic rings. The Hall–Kier alpha value is 1.50. The molecule has 0 fully saturated rings. The summed E-state index contributed by atoms with van der Waals surface area (Å²) >= 11 is 0.928. The van der Waals surface area contributed by atoms with Gasteiger partial charge >= 0.3 is 182 Å². The topological polar surface area (TPSA) is 40.5 Å². The van der Waals surface area contributed by atoms with E-state index >= 15 is 0 Å². The Morgan fingerprint density at radius 2 is 0.538 bits per heavy atom. The van der Waals surface area contributed by atoms with Crippen molar-refractivity contribution in [3.8, 4) is 0 Å². The Kier molecular flexibility index (Phi) is 28.0. The van der Waals surface area contributed by atoms with Crippen LogP contribution in [0.5, 0.6) is 0 Å². The second-order valence-electron chi connectivity index (χ2n) is 7.46. The molecule has 0 saturated heterocycles. The maximum absolute atomic E-state index is 8.73. The van der Waals surface area contributed by atoms with Gasteiger partial charge in [-0.05, 0) is 0 Å². The molecule has 2 N–H and O–H groups in total. The van der Waals surface area contributed by atoms with Crippen LogP contribution in [0.1, 0.15) is 116 Å². The number of aliphatic hydroxyl groups is 2. The summed E-state index contributed by atoms with van der Waals surface area (Å²) in [6.45, 7) is 0.749. The zero-order valence-electron chi connectivity index (χ0n) is 17.3. The van der Waals surface area contributed by atoms with Gasteiger partial charge in [0.1, 0.15) is 0 Å². The van der Waals surface area contributed by atoms with Gasteiger partial charge in [-0.3, -0.25) is 0 Å². The number of aliphatic hydroxyl groups excluding tert-OH is 2. The van der Waals surface area contributed by atoms with Crippen molar-refractivity contribution in [3.63, 3.8) is 0 Å². The van der Waals surface area contributed by atoms with Gasteiger partial charge in [-0.25, -0.2) is 0 Å². The third-order valence-electron chi connectivity index (χ3n) is 4.85. The first kappa shape index (κ1) is 27.5. The second-order valence-corrected chi connectivity index (χ2v) is 20.2. The molecular weight excluding hydrogens is 551 g/mol. The van der Waals surface area contributed by atoms with Crippen LogP contribution in [-0.4, -0.2) is 57.5 Å². The molecule has 0 heterocycles. The Morgan fingerprint density at radius 1 is 0.308 bits per heavy atom. The molecule has 0 spiro atoms. The van der Waals surface area contributed by atoms with Gasteiger partial charge in [0.15, 0.2) is 0 Å². The van der Waals surface area contributed by atoms with Crippen molar-refractivity contribution in [1.29, 1.82) is 0 Å². The summed E-state index contributed by atoms with van der Waals surface area (Å²) in [5, 5.41) is 17.5. The zero-order chi connectivity index (χ0) is 19.0. The van der Waals surface area contributed by atoms with E-state index in [1.165, 1.54) is 103 Å². The Bertz CT molecular complexity index is 216. The van der Waals surface area contributed by atoms with Crippen LogP contribution in [0.25, 0.3) is 0 Å². The molecule has 0 aromatic carbocycles. The molecule has 0 rings (SSSR count). The third kappa shape index (κ3) is 25.5. The standard InChI is InChI=1S/C22H46O2Te2/c23-19-15-11-7-3-1-5-9-13-17-21-25-26-22-18-14-10-6-2-4-8-12-16-20-24/h23-24H,1-22H2. The molecular formula is C22H46O2Te2. The van der Waals surface area contributed by atoms with Crippen molar-refractivity contribution < 1.29 is 10.2 Å². The molecule has 26 heavy (non-hydrogen) atoms. The van der Waals surface area contributed by atoms with E-state index in [2.05, 4.69) is 0 Å². The molecule has 2 nitrogen and oxygen atoms in total. The number of rotatable bonds is 23. The van der Waals surface area contributed by atoms with Gasteiger partial charge in [-0.2, -0.15) is 0 Å². The first-order valence-corrected chi connectivity index (χ1v) is 22.0. The van der Waals surface area contributed by atoms with Gasteiger partial charge in [0.25, 0.3) is 0 Å². The van der Waals surface area contributed by atoms with E-state index < -0.39 is 0 Å². The maximum atomic E-state index is 8.73. The van der Waals surface area contributed by atoms with E-state index in [4.69, 9.17) is 10.2 Å². The average molecular weight is 598 g/mol. The summed E-state index contributed by atoms with van der Waals surface area (Å²) in [5.74, 6) is 0. The third-order valence-corrected chi connectivity index (χ3v) is 17.5. The summed E-state index contributed by atoms with van der Waals surface area (Å²) in [4.78, 5) is 0. The van der Waals surface area contributed by atoms with Gasteiger partial charge in [0.2, 0.25) is 0 Å². The molecule has 0 aromatic heterocycles. The van der Waals surface area contributed by atoms with Gasteiger partial charge in [0, 0.05) is 0 Å². The van der Waals surface area contributed by atoms with Gasteiger partial charge in [-0.1, -0.05) is 0 Å². The summed E-state index contributed by atoms with van der Waals surface area (Å²) < 4.78 is 3.27. The SMILES string of the molecule is OCCCCCCCCCCC[Te][Te]CCCCCCCCCCCO. The van der Waals surface area contributed by atoms with E-state index in [1.807, 2.05) is 0 Å². The first-order valence-electron chi connectivity index (χ1n) is 11.4. The predicted octanol–water partition coefficient (Wildman–Crippen LogP) is 6.15. The summed E-state index contributed by atoms with van der Waals surface area (Å²) in [6.07, 6.45) is 24.5. The number of hydrogen-bond acceptors (Lipinski definition) is 2. The normalized spacial score (nSPS) is 11.3. The molecule has 0 aliphatic heterocycles. The Labute approximate surface area is 181 Å². The number of unbranched alkanes of at least 4 members (excludes halogenated alkanes) is 16. The van der Waals surface area contributed by atoms with E-state index in [1.54, 1.807) is 8.94 Å². The molecule has 0 amide bonds. The van der Waals surface area contributed by atoms with Crippen molar-refractivity contribution in [2.45, 2.75) is 125 Å². The van der Waals surface area contributed by atoms with Crippen LogP contribution < -0.4 is 0 Å². The zero-order valence-corrected chi connectivity index (χ0v) is 21.9. The quantitative estimate of drug-likeness (QED) is 0.110. The monoisotopic (exact) mass is 602 g/mol. The summed E-state index contributed by atoms with van der Waals surface area (Å²) in [5.41, 5.74) is 0. The van der Waals surface area contributed by atoms with Crippen molar-refractivity contribution in [3.05, 3.63) is 0 Å². The molecule has 158 valence electrons. The fourth-order valence-corrected chi connectivity index (χ4v) is 14.7. The minimum atomic E-state index is 0.374. The molecule has 4 heteroatoms. The van der Waals surface area contributed by atoms with Crippen molar-refractivity contribution in [1.82, 2.24) is 0 Å². The summed E-state index contributed by atoms with van der Waals surface area (Å²) in [7, 11) is 0. The molecule has 0 radical (unpaired) electrons. The van der Waals surface area contributed by atoms with Crippen LogP contribution in [0, 0.1) is 0 Å². The fourth-order valence-electron chi connectivity index (χ4n) is 3.14. The van der Waals surface area contributed by atoms with E-state index in [9.17, 15) is 0 Å². The molecule has 0 bridgehead atoms. The predicted molar refractivity (Wildman–Crippen MR) is 118 cm³/mol. The molecule has 0 aromatic rings. The van der Waals surface area contributed by atoms with Crippen LogP contribution in [-0.2, 0) is 0 Å². The summed E-state index contributed by atoms with van der Waals surface area (Å²) in [6, 6.07) is 0. The van der Waals surface area contributed by atoms with Crippen molar-refractivity contribution in [2.24, 2.45) is 0 Å². The van der Waals surface area contributed by atoms with Gasteiger partial charge < -0.3 is 0 Å². The fraction of sp³-hybridized carbons (Fsp3) is 1.00. The number of hydrogen-bond donors (Lipinski definition) is 2. The van der Waals surface area contributed by atoms with Crippen LogP contribution in [0.3, 0.4) is 0 Å². The van der Waals surface area contributed by atoms with Crippen LogP contribution in [0.4, 0.5) is 0 Å². The van der Waals surface area contributed by atoms with Crippen molar-refractivity contribution in [2.75, 3.05) is 13.2 Å². The molecule has 0 saturated carbocycles. The van der Waals surface area contributed by atoms with E-state index in [0.29, 0.717) is 47.3 Å². The van der Waals surface area contributed by atoms with Gasteiger partial charge in [-0.15, -0.1) is 0 Å². The first-order chi connectivity index (χ1) is 12.9. The van der Waals surface area contributed by atoms with Crippen LogP contribution in [0.2, 0.25) is 8.94 Å². The molecule has 0 aliphatic carbocycles. The minimum absolute atomic E-state index is 0.374. The van der Waals surface area contributed by atoms with E-state index in [-0.39, 0.29) is 0 Å². The van der Waals surface area contributed by atoms with Crippen LogP contribution >= 0.6 is 0 Å². The molecule has 0 atom stereocenters. The average Bonchev–Trinajstić information content (AvgIpc) is 2.66. The van der Waals surface area contributed by atoms with Gasteiger partial charge in [0.05, 0.1) is 0 Å². The van der Waals surface area contributed by atoms with E-state index in [0.717, 1.165) is 12.8 Å². The van der Waals surface area contributed by atoms with Crippen molar-refractivity contribution >= 4 is 34.1 Å². The molecule has 0 unspecified atom stereocenters. The Balaban J connectivity index is 2.95.